The summed E-state index contributed by atoms with van der Waals surface area (Å²) in [6.07, 6.45) is 6.12. The number of likely N-dealkylation sites (tertiary alicyclic amines) is 2. The maximum absolute atomic E-state index is 13.0. The third kappa shape index (κ3) is 5.10. The minimum atomic E-state index is 0.0221. The largest absolute Gasteiger partial charge is 0.343 e. The third-order valence-corrected chi connectivity index (χ3v) is 6.11. The van der Waals surface area contributed by atoms with Crippen LogP contribution >= 0.6 is 0 Å². The molecule has 2 aliphatic heterocycles. The van der Waals surface area contributed by atoms with Crippen molar-refractivity contribution in [3.8, 4) is 0 Å². The molecule has 0 bridgehead atoms. The van der Waals surface area contributed by atoms with E-state index in [9.17, 15) is 9.59 Å². The highest BCUT2D eigenvalue weighted by Gasteiger charge is 2.35. The number of benzene rings is 1. The molecule has 3 rings (SSSR count). The molecule has 1 aromatic rings. The lowest BCUT2D eigenvalue weighted by Crippen LogP contribution is -2.54. The van der Waals surface area contributed by atoms with Gasteiger partial charge in [0, 0.05) is 44.1 Å². The van der Waals surface area contributed by atoms with Crippen molar-refractivity contribution in [2.24, 2.45) is 11.7 Å². The molecule has 2 fully saturated rings. The molecule has 2 saturated heterocycles. The van der Waals surface area contributed by atoms with Crippen molar-refractivity contribution >= 4 is 11.8 Å². The SMILES string of the molecule is CC(N)C1CCCCN1C(=O)C1CCN(C(=O)CCc2ccccc2)CC1. The molecule has 2 unspecified atom stereocenters. The zero-order valence-electron chi connectivity index (χ0n) is 16.5. The first-order valence-corrected chi connectivity index (χ1v) is 10.4. The van der Waals surface area contributed by atoms with E-state index in [1.165, 1.54) is 5.56 Å². The first-order valence-electron chi connectivity index (χ1n) is 10.4. The van der Waals surface area contributed by atoms with Gasteiger partial charge in [-0.3, -0.25) is 9.59 Å². The van der Waals surface area contributed by atoms with Gasteiger partial charge in [0.25, 0.3) is 0 Å². The number of carbonyl (C=O) groups excluding carboxylic acids is 2. The monoisotopic (exact) mass is 371 g/mol. The van der Waals surface area contributed by atoms with Crippen molar-refractivity contribution in [3.63, 3.8) is 0 Å². The van der Waals surface area contributed by atoms with Gasteiger partial charge in [-0.05, 0) is 51.0 Å². The van der Waals surface area contributed by atoms with Crippen LogP contribution in [0.5, 0.6) is 0 Å². The van der Waals surface area contributed by atoms with Crippen LogP contribution in [0.25, 0.3) is 0 Å². The normalized spacial score (nSPS) is 22.5. The van der Waals surface area contributed by atoms with Gasteiger partial charge in [0.05, 0.1) is 0 Å². The van der Waals surface area contributed by atoms with Crippen molar-refractivity contribution < 1.29 is 9.59 Å². The fourth-order valence-corrected chi connectivity index (χ4v) is 4.44. The second-order valence-corrected chi connectivity index (χ2v) is 8.09. The molecule has 2 N–H and O–H groups in total. The number of rotatable bonds is 5. The minimum absolute atomic E-state index is 0.0221. The molecule has 5 heteroatoms. The van der Waals surface area contributed by atoms with E-state index in [-0.39, 0.29) is 29.8 Å². The zero-order chi connectivity index (χ0) is 19.2. The fraction of sp³-hybridized carbons (Fsp3) is 0.636. The number of piperidine rings is 2. The van der Waals surface area contributed by atoms with Gasteiger partial charge in [-0.25, -0.2) is 0 Å². The molecule has 5 nitrogen and oxygen atoms in total. The van der Waals surface area contributed by atoms with Crippen LogP contribution in [0.15, 0.2) is 30.3 Å². The first kappa shape index (κ1) is 19.9. The number of amides is 2. The Hall–Kier alpha value is -1.88. The third-order valence-electron chi connectivity index (χ3n) is 6.11. The quantitative estimate of drug-likeness (QED) is 0.865. The highest BCUT2D eigenvalue weighted by atomic mass is 16.2. The highest BCUT2D eigenvalue weighted by Crippen LogP contribution is 2.26. The molecule has 2 atom stereocenters. The van der Waals surface area contributed by atoms with Gasteiger partial charge in [-0.15, -0.1) is 0 Å². The predicted molar refractivity (Wildman–Crippen MR) is 107 cm³/mol. The Morgan fingerprint density at radius 1 is 1.07 bits per heavy atom. The summed E-state index contributed by atoms with van der Waals surface area (Å²) >= 11 is 0. The summed E-state index contributed by atoms with van der Waals surface area (Å²) in [7, 11) is 0. The Bertz CT molecular complexity index is 624. The Labute approximate surface area is 162 Å². The second-order valence-electron chi connectivity index (χ2n) is 8.09. The number of hydrogen-bond donors (Lipinski definition) is 1. The average molecular weight is 372 g/mol. The molecule has 1 aromatic carbocycles. The van der Waals surface area contributed by atoms with Gasteiger partial charge in [0.15, 0.2) is 0 Å². The van der Waals surface area contributed by atoms with Crippen molar-refractivity contribution in [2.45, 2.75) is 64.0 Å². The molecule has 2 amide bonds. The van der Waals surface area contributed by atoms with E-state index in [4.69, 9.17) is 5.73 Å². The molecule has 2 heterocycles. The Morgan fingerprint density at radius 3 is 2.44 bits per heavy atom. The second kappa shape index (κ2) is 9.36. The molecular formula is C22H33N3O2. The van der Waals surface area contributed by atoms with Crippen LogP contribution in [-0.2, 0) is 16.0 Å². The summed E-state index contributed by atoms with van der Waals surface area (Å²) in [4.78, 5) is 29.5. The van der Waals surface area contributed by atoms with E-state index >= 15 is 0 Å². The Kier molecular flexibility index (Phi) is 6.89. The Morgan fingerprint density at radius 2 is 1.78 bits per heavy atom. The summed E-state index contributed by atoms with van der Waals surface area (Å²) in [5.74, 6) is 0.507. The van der Waals surface area contributed by atoms with Crippen LogP contribution in [0.4, 0.5) is 0 Å². The van der Waals surface area contributed by atoms with E-state index in [1.807, 2.05) is 34.9 Å². The van der Waals surface area contributed by atoms with E-state index < -0.39 is 0 Å². The van der Waals surface area contributed by atoms with Crippen LogP contribution in [0.3, 0.4) is 0 Å². The smallest absolute Gasteiger partial charge is 0.226 e. The molecule has 2 aliphatic rings. The predicted octanol–water partition coefficient (Wildman–Crippen LogP) is 2.59. The molecule has 0 aromatic heterocycles. The molecule has 0 spiro atoms. The van der Waals surface area contributed by atoms with Crippen LogP contribution in [0, 0.1) is 5.92 Å². The molecular weight excluding hydrogens is 338 g/mol. The topological polar surface area (TPSA) is 66.6 Å². The molecule has 0 radical (unpaired) electrons. The number of hydrogen-bond acceptors (Lipinski definition) is 3. The molecule has 0 aliphatic carbocycles. The van der Waals surface area contributed by atoms with E-state index in [2.05, 4.69) is 12.1 Å². The van der Waals surface area contributed by atoms with Gasteiger partial charge in [0.1, 0.15) is 0 Å². The van der Waals surface area contributed by atoms with Crippen molar-refractivity contribution in [3.05, 3.63) is 35.9 Å². The summed E-state index contributed by atoms with van der Waals surface area (Å²) in [6, 6.07) is 10.3. The maximum atomic E-state index is 13.0. The Balaban J connectivity index is 1.47. The lowest BCUT2D eigenvalue weighted by atomic mass is 9.90. The molecule has 148 valence electrons. The first-order chi connectivity index (χ1) is 13.1. The van der Waals surface area contributed by atoms with Crippen molar-refractivity contribution in [1.82, 2.24) is 9.80 Å². The molecule has 0 saturated carbocycles. The summed E-state index contributed by atoms with van der Waals surface area (Å²) in [6.45, 7) is 4.23. The van der Waals surface area contributed by atoms with E-state index in [0.29, 0.717) is 19.5 Å². The van der Waals surface area contributed by atoms with E-state index in [0.717, 1.165) is 45.1 Å². The van der Waals surface area contributed by atoms with Gasteiger partial charge in [-0.2, -0.15) is 0 Å². The van der Waals surface area contributed by atoms with Crippen LogP contribution in [0.1, 0.15) is 51.0 Å². The van der Waals surface area contributed by atoms with Crippen molar-refractivity contribution in [1.29, 1.82) is 0 Å². The van der Waals surface area contributed by atoms with Crippen LogP contribution < -0.4 is 5.73 Å². The van der Waals surface area contributed by atoms with Gasteiger partial charge >= 0.3 is 0 Å². The van der Waals surface area contributed by atoms with Crippen LogP contribution in [0.2, 0.25) is 0 Å². The van der Waals surface area contributed by atoms with Gasteiger partial charge < -0.3 is 15.5 Å². The molecule has 27 heavy (non-hydrogen) atoms. The number of aryl methyl sites for hydroxylation is 1. The number of nitrogens with two attached hydrogens (primary N) is 1. The average Bonchev–Trinajstić information content (AvgIpc) is 2.72. The van der Waals surface area contributed by atoms with Crippen molar-refractivity contribution in [2.75, 3.05) is 19.6 Å². The lowest BCUT2D eigenvalue weighted by Gasteiger charge is -2.41. The lowest BCUT2D eigenvalue weighted by molar-refractivity contribution is -0.144. The standard InChI is InChI=1S/C22H33N3O2/c1-17(23)20-9-5-6-14-25(20)22(27)19-12-15-24(16-13-19)21(26)11-10-18-7-3-2-4-8-18/h2-4,7-8,17,19-20H,5-6,9-16,23H2,1H3. The number of carbonyl (C=O) groups is 2. The zero-order valence-corrected chi connectivity index (χ0v) is 16.5. The summed E-state index contributed by atoms with van der Waals surface area (Å²) < 4.78 is 0. The highest BCUT2D eigenvalue weighted by molar-refractivity contribution is 5.80. The minimum Gasteiger partial charge on any atom is -0.343 e. The fourth-order valence-electron chi connectivity index (χ4n) is 4.44. The van der Waals surface area contributed by atoms with Crippen LogP contribution in [-0.4, -0.2) is 53.3 Å². The van der Waals surface area contributed by atoms with Gasteiger partial charge in [0.2, 0.25) is 11.8 Å². The van der Waals surface area contributed by atoms with Gasteiger partial charge in [-0.1, -0.05) is 30.3 Å². The summed E-state index contributed by atoms with van der Waals surface area (Å²) in [5, 5.41) is 0. The number of nitrogens with zero attached hydrogens (tertiary/aromatic N) is 2. The van der Waals surface area contributed by atoms with E-state index in [1.54, 1.807) is 0 Å². The summed E-state index contributed by atoms with van der Waals surface area (Å²) in [5.41, 5.74) is 7.32. The maximum Gasteiger partial charge on any atom is 0.226 e.